The first-order chi connectivity index (χ1) is 34.4. The molecule has 0 spiro atoms. The average Bonchev–Trinajstić information content (AvgIpc) is 3.41. The summed E-state index contributed by atoms with van der Waals surface area (Å²) in [5, 5.41) is 3.68. The lowest BCUT2D eigenvalue weighted by Gasteiger charge is -2.37. The van der Waals surface area contributed by atoms with Crippen LogP contribution >= 0.6 is 7.82 Å². The van der Waals surface area contributed by atoms with Crippen LogP contribution in [0.15, 0.2) is 194 Å². The highest BCUT2D eigenvalue weighted by atomic mass is 31.2. The zero-order valence-corrected chi connectivity index (χ0v) is 42.0. The molecule has 1 unspecified atom stereocenters. The summed E-state index contributed by atoms with van der Waals surface area (Å²) in [5.41, 5.74) is 3.69. The number of carbonyl (C=O) groups is 1. The zero-order valence-electron chi connectivity index (χ0n) is 41.1. The Morgan fingerprint density at radius 3 is 1.34 bits per heavy atom. The van der Waals surface area contributed by atoms with E-state index in [0.29, 0.717) is 6.42 Å². The molecule has 8 nitrogen and oxygen atoms in total. The highest BCUT2D eigenvalue weighted by molar-refractivity contribution is 7.47. The first-order valence-corrected chi connectivity index (χ1v) is 27.1. The van der Waals surface area contributed by atoms with Crippen molar-refractivity contribution in [3.8, 4) is 0 Å². The fourth-order valence-corrected chi connectivity index (χ4v) is 9.92. The number of rotatable bonds is 33. The van der Waals surface area contributed by atoms with Gasteiger partial charge in [-0.2, -0.15) is 0 Å². The van der Waals surface area contributed by atoms with E-state index in [4.69, 9.17) is 18.5 Å². The molecule has 0 fully saturated rings. The van der Waals surface area contributed by atoms with Crippen molar-refractivity contribution in [2.45, 2.75) is 114 Å². The van der Waals surface area contributed by atoms with Crippen LogP contribution in [0.4, 0.5) is 0 Å². The topological polar surface area (TPSA) is 103 Å². The Kier molecular flexibility index (Phi) is 22.8. The number of phosphoric acid groups is 1. The second-order valence-corrected chi connectivity index (χ2v) is 19.4. The smallest absolute Gasteiger partial charge is 0.457 e. The molecule has 70 heavy (non-hydrogen) atoms. The van der Waals surface area contributed by atoms with Crippen LogP contribution in [-0.2, 0) is 39.0 Å². The van der Waals surface area contributed by atoms with E-state index in [2.05, 4.69) is 60.8 Å². The van der Waals surface area contributed by atoms with Crippen LogP contribution in [0, 0.1) is 0 Å². The Balaban J connectivity index is 1.11. The number of hydrogen-bond acceptors (Lipinski definition) is 7. The third kappa shape index (κ3) is 16.3. The number of benzene rings is 6. The summed E-state index contributed by atoms with van der Waals surface area (Å²) in [5.74, 6) is -0.420. The second-order valence-electron chi connectivity index (χ2n) is 17.9. The quantitative estimate of drug-likeness (QED) is 0.0138. The van der Waals surface area contributed by atoms with E-state index in [1.54, 1.807) is 0 Å². The molecule has 6 rings (SSSR count). The molecular weight excluding hydrogens is 890 g/mol. The number of carbonyl (C=O) groups excluding carboxylic acids is 1. The molecule has 6 aromatic carbocycles. The van der Waals surface area contributed by atoms with Gasteiger partial charge in [-0.1, -0.05) is 252 Å². The number of ether oxygens (including phenoxy) is 2. The van der Waals surface area contributed by atoms with Crippen molar-refractivity contribution in [3.05, 3.63) is 228 Å². The zero-order chi connectivity index (χ0) is 49.0. The van der Waals surface area contributed by atoms with Gasteiger partial charge in [0.1, 0.15) is 11.7 Å². The number of phosphoric ester groups is 1. The lowest BCUT2D eigenvalue weighted by Crippen LogP contribution is -2.46. The van der Waals surface area contributed by atoms with E-state index < -0.39 is 37.6 Å². The molecule has 0 saturated carbocycles. The molecule has 2 N–H and O–H groups in total. The highest BCUT2D eigenvalue weighted by Gasteiger charge is 2.40. The minimum atomic E-state index is -4.67. The van der Waals surface area contributed by atoms with Crippen molar-refractivity contribution in [3.63, 3.8) is 0 Å². The summed E-state index contributed by atoms with van der Waals surface area (Å²) < 4.78 is 38.2. The van der Waals surface area contributed by atoms with Gasteiger partial charge in [0.15, 0.2) is 0 Å². The molecule has 0 aliphatic heterocycles. The van der Waals surface area contributed by atoms with Crippen molar-refractivity contribution in [2.24, 2.45) is 0 Å². The highest BCUT2D eigenvalue weighted by Crippen LogP contribution is 2.45. The Morgan fingerprint density at radius 2 is 0.914 bits per heavy atom. The molecule has 0 aromatic heterocycles. The molecule has 0 bridgehead atoms. The fraction of sp³-hybridized carbons (Fsp3) is 0.361. The van der Waals surface area contributed by atoms with Crippen LogP contribution in [0.3, 0.4) is 0 Å². The van der Waals surface area contributed by atoms with Crippen molar-refractivity contribution in [2.75, 3.05) is 26.4 Å². The van der Waals surface area contributed by atoms with Crippen LogP contribution < -0.4 is 5.32 Å². The minimum absolute atomic E-state index is 0.147. The Bertz CT molecular complexity index is 2210. The Hall–Kier alpha value is -5.44. The van der Waals surface area contributed by atoms with Gasteiger partial charge in [0.05, 0.1) is 25.4 Å². The maximum atomic E-state index is 13.7. The molecule has 0 heterocycles. The first-order valence-electron chi connectivity index (χ1n) is 25.6. The van der Waals surface area contributed by atoms with E-state index in [1.165, 1.54) is 38.5 Å². The van der Waals surface area contributed by atoms with E-state index >= 15 is 0 Å². The van der Waals surface area contributed by atoms with Gasteiger partial charge in [-0.05, 0) is 65.5 Å². The minimum Gasteiger partial charge on any atom is -0.457 e. The van der Waals surface area contributed by atoms with Gasteiger partial charge < -0.3 is 14.4 Å². The van der Waals surface area contributed by atoms with Gasteiger partial charge in [-0.3, -0.25) is 19.2 Å². The first kappa shape index (κ1) is 53.9. The predicted octanol–water partition coefficient (Wildman–Crippen LogP) is 14.7. The number of unbranched alkanes of at least 4 members (excludes halogenated alkanes) is 11. The summed E-state index contributed by atoms with van der Waals surface area (Å²) in [7, 11) is -4.67. The largest absolute Gasteiger partial charge is 0.472 e. The van der Waals surface area contributed by atoms with Crippen molar-refractivity contribution < 1.29 is 32.8 Å². The average molecular weight is 964 g/mol. The van der Waals surface area contributed by atoms with E-state index in [1.807, 2.05) is 146 Å². The summed E-state index contributed by atoms with van der Waals surface area (Å²) >= 11 is 0. The lowest BCUT2D eigenvalue weighted by atomic mass is 9.77. The SMILES string of the molecule is CCCCCCCC/C=C\CCCCCCCC(=O)O[C@H](COC(c1ccccc1)(c1ccccc1)c1ccccc1)COP(=O)(O)OCCNC(c1ccccc1)(c1ccccc1)c1ccccc1. The molecule has 370 valence electrons. The third-order valence-electron chi connectivity index (χ3n) is 12.8. The van der Waals surface area contributed by atoms with Gasteiger partial charge in [0.2, 0.25) is 0 Å². The van der Waals surface area contributed by atoms with Crippen LogP contribution in [0.1, 0.15) is 130 Å². The lowest BCUT2D eigenvalue weighted by molar-refractivity contribution is -0.157. The summed E-state index contributed by atoms with van der Waals surface area (Å²) in [6, 6.07) is 60.0. The molecule has 6 aromatic rings. The number of allylic oxidation sites excluding steroid dienone is 2. The van der Waals surface area contributed by atoms with E-state index in [9.17, 15) is 14.3 Å². The molecule has 0 aliphatic carbocycles. The fourth-order valence-electron chi connectivity index (χ4n) is 9.17. The number of esters is 1. The standard InChI is InChI=1S/C61H74NO7P/c1-2-3-4-5-6-7-8-9-10-11-12-13-14-15-34-47-59(63)69-58(50-66-61(55-41-28-19-29-42-55,56-43-30-20-31-44-56)57-45-32-21-33-46-57)51-68-70(64,65)67-49-48-62-60(52-35-22-16-23-36-52,53-37-24-17-25-38-53)54-39-26-18-27-40-54/h9-10,16-33,35-46,58,62H,2-8,11-15,34,47-51H2,1H3,(H,64,65)/b10-9-/t58-/m1/s1. The Morgan fingerprint density at radius 1 is 0.529 bits per heavy atom. The van der Waals surface area contributed by atoms with Crippen LogP contribution in [0.5, 0.6) is 0 Å². The van der Waals surface area contributed by atoms with Crippen molar-refractivity contribution in [1.82, 2.24) is 5.32 Å². The molecule has 0 amide bonds. The van der Waals surface area contributed by atoms with Gasteiger partial charge in [0, 0.05) is 13.0 Å². The van der Waals surface area contributed by atoms with Gasteiger partial charge in [-0.15, -0.1) is 0 Å². The van der Waals surface area contributed by atoms with E-state index in [0.717, 1.165) is 71.9 Å². The van der Waals surface area contributed by atoms with Crippen LogP contribution in [0.2, 0.25) is 0 Å². The van der Waals surface area contributed by atoms with E-state index in [-0.39, 0.29) is 26.2 Å². The third-order valence-corrected chi connectivity index (χ3v) is 13.7. The molecule has 0 saturated heterocycles. The van der Waals surface area contributed by atoms with Gasteiger partial charge in [-0.25, -0.2) is 4.57 Å². The monoisotopic (exact) mass is 964 g/mol. The summed E-state index contributed by atoms with van der Waals surface area (Å²) in [6.45, 7) is 1.71. The molecule has 9 heteroatoms. The van der Waals surface area contributed by atoms with Gasteiger partial charge >= 0.3 is 13.8 Å². The normalized spacial score (nSPS) is 13.2. The Labute approximate surface area is 418 Å². The molecule has 0 aliphatic rings. The van der Waals surface area contributed by atoms with Gasteiger partial charge in [0.25, 0.3) is 0 Å². The molecular formula is C61H74NO7P. The molecule has 0 radical (unpaired) electrons. The predicted molar refractivity (Wildman–Crippen MR) is 283 cm³/mol. The maximum absolute atomic E-state index is 13.7. The van der Waals surface area contributed by atoms with Crippen LogP contribution in [0.25, 0.3) is 0 Å². The summed E-state index contributed by atoms with van der Waals surface area (Å²) in [6.07, 6.45) is 18.8. The second kappa shape index (κ2) is 29.7. The summed E-state index contributed by atoms with van der Waals surface area (Å²) in [4.78, 5) is 24.8. The van der Waals surface area contributed by atoms with Crippen molar-refractivity contribution in [1.29, 1.82) is 0 Å². The number of hydrogen-bond donors (Lipinski definition) is 2. The van der Waals surface area contributed by atoms with Crippen molar-refractivity contribution >= 4 is 13.8 Å². The van der Waals surface area contributed by atoms with Crippen LogP contribution in [-0.4, -0.2) is 43.3 Å². The number of nitrogens with one attached hydrogen (secondary N) is 1. The maximum Gasteiger partial charge on any atom is 0.472 e. The molecule has 2 atom stereocenters.